The van der Waals surface area contributed by atoms with Gasteiger partial charge in [0.1, 0.15) is 0 Å². The van der Waals surface area contributed by atoms with E-state index in [1.54, 1.807) is 0 Å². The van der Waals surface area contributed by atoms with E-state index in [4.69, 9.17) is 4.74 Å². The molecule has 1 rings (SSSR count). The van der Waals surface area contributed by atoms with Crippen molar-refractivity contribution in [3.05, 3.63) is 24.3 Å². The van der Waals surface area contributed by atoms with Crippen molar-refractivity contribution in [2.24, 2.45) is 0 Å². The van der Waals surface area contributed by atoms with E-state index in [9.17, 15) is 5.11 Å². The Morgan fingerprint density at radius 3 is 2.26 bits per heavy atom. The first kappa shape index (κ1) is 15.8. The Morgan fingerprint density at radius 2 is 1.79 bits per heavy atom. The molecule has 0 saturated carbocycles. The van der Waals surface area contributed by atoms with Gasteiger partial charge in [-0.2, -0.15) is 0 Å². The van der Waals surface area contributed by atoms with Gasteiger partial charge < -0.3 is 20.1 Å². The summed E-state index contributed by atoms with van der Waals surface area (Å²) in [6.07, 6.45) is -0.507. The third-order valence-electron chi connectivity index (χ3n) is 2.63. The van der Waals surface area contributed by atoms with Gasteiger partial charge in [-0.05, 0) is 45.0 Å². The highest BCUT2D eigenvalue weighted by molar-refractivity contribution is 5.54. The van der Waals surface area contributed by atoms with E-state index in [1.807, 2.05) is 59.1 Å². The molecule has 1 aromatic carbocycles. The summed E-state index contributed by atoms with van der Waals surface area (Å²) in [5.41, 5.74) is 1.94. The summed E-state index contributed by atoms with van der Waals surface area (Å²) in [6.45, 7) is 6.76. The Kier molecular flexibility index (Phi) is 5.63. The van der Waals surface area contributed by atoms with Gasteiger partial charge in [0, 0.05) is 32.0 Å². The van der Waals surface area contributed by atoms with E-state index in [0.29, 0.717) is 13.2 Å². The summed E-state index contributed by atoms with van der Waals surface area (Å²) in [4.78, 5) is 2.05. The Balaban J connectivity index is 2.35. The predicted octanol–water partition coefficient (Wildman–Crippen LogP) is 2.34. The van der Waals surface area contributed by atoms with Gasteiger partial charge in [0.05, 0.1) is 18.3 Å². The molecule has 1 aromatic rings. The maximum absolute atomic E-state index is 9.82. The van der Waals surface area contributed by atoms with Crippen molar-refractivity contribution < 1.29 is 9.84 Å². The molecule has 0 aromatic heterocycles. The lowest BCUT2D eigenvalue weighted by atomic mass is 10.2. The fourth-order valence-electron chi connectivity index (χ4n) is 1.52. The molecule has 2 N–H and O–H groups in total. The van der Waals surface area contributed by atoms with Crippen LogP contribution in [-0.2, 0) is 4.74 Å². The molecule has 0 heterocycles. The van der Waals surface area contributed by atoms with Crippen LogP contribution in [0.25, 0.3) is 0 Å². The third kappa shape index (κ3) is 6.45. The van der Waals surface area contributed by atoms with Crippen LogP contribution in [0.15, 0.2) is 24.3 Å². The van der Waals surface area contributed by atoms with Crippen molar-refractivity contribution in [3.63, 3.8) is 0 Å². The van der Waals surface area contributed by atoms with Crippen LogP contribution < -0.4 is 10.2 Å². The van der Waals surface area contributed by atoms with Crippen LogP contribution in [0.5, 0.6) is 0 Å². The Morgan fingerprint density at radius 1 is 1.21 bits per heavy atom. The average molecular weight is 266 g/mol. The fourth-order valence-corrected chi connectivity index (χ4v) is 1.52. The summed E-state index contributed by atoms with van der Waals surface area (Å²) in [6, 6.07) is 8.10. The Hall–Kier alpha value is -1.26. The van der Waals surface area contributed by atoms with E-state index >= 15 is 0 Å². The van der Waals surface area contributed by atoms with E-state index < -0.39 is 6.10 Å². The predicted molar refractivity (Wildman–Crippen MR) is 81.0 cm³/mol. The molecule has 0 fully saturated rings. The topological polar surface area (TPSA) is 44.7 Å². The number of hydrogen-bond acceptors (Lipinski definition) is 4. The zero-order chi connectivity index (χ0) is 14.5. The highest BCUT2D eigenvalue weighted by atomic mass is 16.5. The number of anilines is 2. The first-order chi connectivity index (χ1) is 8.78. The lowest BCUT2D eigenvalue weighted by Gasteiger charge is -2.22. The van der Waals surface area contributed by atoms with Crippen molar-refractivity contribution in [2.75, 3.05) is 37.5 Å². The summed E-state index contributed by atoms with van der Waals surface area (Å²) in [5, 5.41) is 13.0. The fraction of sp³-hybridized carbons (Fsp3) is 0.600. The van der Waals surface area contributed by atoms with Crippen molar-refractivity contribution in [3.8, 4) is 0 Å². The molecule has 0 aliphatic carbocycles. The van der Waals surface area contributed by atoms with Gasteiger partial charge in [0.25, 0.3) is 0 Å². The van der Waals surface area contributed by atoms with Crippen LogP contribution >= 0.6 is 0 Å². The number of rotatable bonds is 6. The van der Waals surface area contributed by atoms with Crippen molar-refractivity contribution in [1.29, 1.82) is 0 Å². The van der Waals surface area contributed by atoms with Gasteiger partial charge in [-0.3, -0.25) is 0 Å². The minimum atomic E-state index is -0.507. The van der Waals surface area contributed by atoms with E-state index in [1.165, 1.54) is 0 Å². The van der Waals surface area contributed by atoms with Crippen molar-refractivity contribution in [1.82, 2.24) is 0 Å². The number of aliphatic hydroxyl groups excluding tert-OH is 1. The van der Waals surface area contributed by atoms with E-state index in [0.717, 1.165) is 11.4 Å². The minimum Gasteiger partial charge on any atom is -0.389 e. The largest absolute Gasteiger partial charge is 0.389 e. The number of hydrogen-bond donors (Lipinski definition) is 2. The number of benzene rings is 1. The van der Waals surface area contributed by atoms with Gasteiger partial charge in [0.2, 0.25) is 0 Å². The van der Waals surface area contributed by atoms with Crippen LogP contribution in [0.2, 0.25) is 0 Å². The molecule has 0 amide bonds. The first-order valence-corrected chi connectivity index (χ1v) is 6.61. The third-order valence-corrected chi connectivity index (χ3v) is 2.63. The smallest absolute Gasteiger partial charge is 0.0945 e. The molecule has 1 atom stereocenters. The summed E-state index contributed by atoms with van der Waals surface area (Å²) in [5.74, 6) is 0. The number of nitrogens with one attached hydrogen (secondary N) is 1. The average Bonchev–Trinajstić information content (AvgIpc) is 2.33. The monoisotopic (exact) mass is 266 g/mol. The van der Waals surface area contributed by atoms with Gasteiger partial charge in [-0.1, -0.05) is 0 Å². The lowest BCUT2D eigenvalue weighted by Crippen LogP contribution is -2.30. The molecule has 4 heteroatoms. The molecule has 0 aliphatic rings. The second kappa shape index (κ2) is 6.78. The van der Waals surface area contributed by atoms with Gasteiger partial charge >= 0.3 is 0 Å². The molecule has 19 heavy (non-hydrogen) atoms. The highest BCUT2D eigenvalue weighted by Gasteiger charge is 2.13. The molecule has 4 nitrogen and oxygen atoms in total. The van der Waals surface area contributed by atoms with Crippen LogP contribution in [0, 0.1) is 0 Å². The minimum absolute atomic E-state index is 0.214. The number of nitrogens with zero attached hydrogens (tertiary/aromatic N) is 1. The molecule has 0 aliphatic heterocycles. The summed E-state index contributed by atoms with van der Waals surface area (Å²) < 4.78 is 5.53. The quantitative estimate of drug-likeness (QED) is 0.829. The molecular formula is C15H26N2O2. The van der Waals surface area contributed by atoms with Crippen molar-refractivity contribution in [2.45, 2.75) is 32.5 Å². The van der Waals surface area contributed by atoms with Gasteiger partial charge in [-0.25, -0.2) is 0 Å². The normalized spacial score (nSPS) is 13.2. The first-order valence-electron chi connectivity index (χ1n) is 6.61. The summed E-state index contributed by atoms with van der Waals surface area (Å²) in [7, 11) is 4.02. The molecule has 0 radical (unpaired) electrons. The number of ether oxygens (including phenoxy) is 1. The summed E-state index contributed by atoms with van der Waals surface area (Å²) >= 11 is 0. The van der Waals surface area contributed by atoms with E-state index in [2.05, 4.69) is 10.2 Å². The van der Waals surface area contributed by atoms with Gasteiger partial charge in [0.15, 0.2) is 0 Å². The second-order valence-electron chi connectivity index (χ2n) is 5.90. The van der Waals surface area contributed by atoms with Crippen LogP contribution in [0.3, 0.4) is 0 Å². The number of aliphatic hydroxyl groups is 1. The SMILES string of the molecule is CN(C)c1ccc(NCC(O)COC(C)(C)C)cc1. The second-order valence-corrected chi connectivity index (χ2v) is 5.90. The molecule has 0 saturated heterocycles. The Bertz CT molecular complexity index is 369. The zero-order valence-corrected chi connectivity index (χ0v) is 12.6. The molecule has 108 valence electrons. The molecule has 0 spiro atoms. The standard InChI is InChI=1S/C15H26N2O2/c1-15(2,3)19-11-14(18)10-16-12-6-8-13(9-7-12)17(4)5/h6-9,14,16,18H,10-11H2,1-5H3. The molecule has 1 unspecified atom stereocenters. The highest BCUT2D eigenvalue weighted by Crippen LogP contribution is 2.15. The van der Waals surface area contributed by atoms with Gasteiger partial charge in [-0.15, -0.1) is 0 Å². The van der Waals surface area contributed by atoms with Crippen molar-refractivity contribution >= 4 is 11.4 Å². The molecular weight excluding hydrogens is 240 g/mol. The van der Waals surface area contributed by atoms with E-state index in [-0.39, 0.29) is 5.60 Å². The maximum Gasteiger partial charge on any atom is 0.0945 e. The lowest BCUT2D eigenvalue weighted by molar-refractivity contribution is -0.0449. The maximum atomic E-state index is 9.82. The van der Waals surface area contributed by atoms with Crippen LogP contribution in [0.1, 0.15) is 20.8 Å². The zero-order valence-electron chi connectivity index (χ0n) is 12.6. The Labute approximate surface area is 116 Å². The van der Waals surface area contributed by atoms with Crippen LogP contribution in [-0.4, -0.2) is 44.1 Å². The van der Waals surface area contributed by atoms with Crippen LogP contribution in [0.4, 0.5) is 11.4 Å². The molecule has 0 bridgehead atoms.